The second kappa shape index (κ2) is 6.33. The molecule has 0 saturated heterocycles. The Kier molecular flexibility index (Phi) is 4.65. The Morgan fingerprint density at radius 2 is 2.09 bits per heavy atom. The molecule has 23 heavy (non-hydrogen) atoms. The molecule has 2 aromatic rings. The molecule has 0 atom stereocenters. The van der Waals surface area contributed by atoms with Gasteiger partial charge in [-0.05, 0) is 6.07 Å². The van der Waals surface area contributed by atoms with Crippen molar-refractivity contribution in [2.45, 2.75) is 19.8 Å². The van der Waals surface area contributed by atoms with Crippen LogP contribution in [-0.4, -0.2) is 22.9 Å². The quantitative estimate of drug-likeness (QED) is 0.678. The third kappa shape index (κ3) is 3.16. The summed E-state index contributed by atoms with van der Waals surface area (Å²) in [6, 6.07) is 1.82. The van der Waals surface area contributed by atoms with Crippen LogP contribution in [0.25, 0.3) is 5.69 Å². The number of carbonyl (C=O) groups is 1. The highest BCUT2D eigenvalue weighted by molar-refractivity contribution is 6.32. The molecule has 0 aliphatic rings. The van der Waals surface area contributed by atoms with Gasteiger partial charge in [-0.1, -0.05) is 25.4 Å². The number of rotatable bonds is 3. The first-order chi connectivity index (χ1) is 10.8. The molecule has 0 fully saturated rings. The standard InChI is InChI=1S/C14H13ClFNO6/c1-6(2)11-12(18)17(13(19)23-11)9-5-10(22-14(20)21-3)7(15)4-8(9)16/h4-6,18H,1-3H3. The Hall–Kier alpha value is -2.48. The zero-order valence-electron chi connectivity index (χ0n) is 12.4. The summed E-state index contributed by atoms with van der Waals surface area (Å²) in [4.78, 5) is 23.1. The van der Waals surface area contributed by atoms with Gasteiger partial charge in [0.05, 0.1) is 17.8 Å². The zero-order chi connectivity index (χ0) is 17.3. The number of hydrogen-bond donors (Lipinski definition) is 1. The van der Waals surface area contributed by atoms with Gasteiger partial charge >= 0.3 is 11.9 Å². The molecule has 0 saturated carbocycles. The van der Waals surface area contributed by atoms with E-state index in [-0.39, 0.29) is 28.1 Å². The van der Waals surface area contributed by atoms with Crippen LogP contribution in [0.2, 0.25) is 5.02 Å². The molecular formula is C14H13ClFNO6. The number of nitrogens with zero attached hydrogens (tertiary/aromatic N) is 1. The fraction of sp³-hybridized carbons (Fsp3) is 0.286. The van der Waals surface area contributed by atoms with Crippen molar-refractivity contribution in [2.75, 3.05) is 7.11 Å². The zero-order valence-corrected chi connectivity index (χ0v) is 13.2. The minimum atomic E-state index is -1.07. The highest BCUT2D eigenvalue weighted by Gasteiger charge is 2.23. The van der Waals surface area contributed by atoms with E-state index in [9.17, 15) is 19.1 Å². The summed E-state index contributed by atoms with van der Waals surface area (Å²) < 4.78 is 28.7. The van der Waals surface area contributed by atoms with Crippen LogP contribution in [-0.2, 0) is 4.74 Å². The largest absolute Gasteiger partial charge is 0.513 e. The van der Waals surface area contributed by atoms with E-state index in [0.29, 0.717) is 4.57 Å². The molecule has 0 bridgehead atoms. The number of aromatic hydroxyl groups is 1. The molecule has 1 N–H and O–H groups in total. The van der Waals surface area contributed by atoms with Gasteiger partial charge < -0.3 is 19.0 Å². The van der Waals surface area contributed by atoms with Crippen molar-refractivity contribution in [3.05, 3.63) is 39.3 Å². The van der Waals surface area contributed by atoms with E-state index in [2.05, 4.69) is 4.74 Å². The molecule has 124 valence electrons. The van der Waals surface area contributed by atoms with Crippen LogP contribution in [0.3, 0.4) is 0 Å². The van der Waals surface area contributed by atoms with Gasteiger partial charge in [-0.3, -0.25) is 0 Å². The van der Waals surface area contributed by atoms with Crippen molar-refractivity contribution in [1.29, 1.82) is 0 Å². The number of halogens is 2. The van der Waals surface area contributed by atoms with Crippen molar-refractivity contribution >= 4 is 17.8 Å². The van der Waals surface area contributed by atoms with Gasteiger partial charge in [-0.2, -0.15) is 0 Å². The summed E-state index contributed by atoms with van der Waals surface area (Å²) in [5, 5.41) is 9.87. The van der Waals surface area contributed by atoms with Crippen molar-refractivity contribution in [3.63, 3.8) is 0 Å². The van der Waals surface area contributed by atoms with Crippen molar-refractivity contribution < 1.29 is 28.2 Å². The molecule has 0 aliphatic heterocycles. The minimum absolute atomic E-state index is 0.000198. The smallest absolute Gasteiger partial charge is 0.492 e. The van der Waals surface area contributed by atoms with Crippen LogP contribution in [0.15, 0.2) is 21.3 Å². The normalized spacial score (nSPS) is 10.9. The first-order valence-electron chi connectivity index (χ1n) is 6.46. The van der Waals surface area contributed by atoms with Crippen LogP contribution < -0.4 is 10.5 Å². The number of hydrogen-bond acceptors (Lipinski definition) is 6. The van der Waals surface area contributed by atoms with Crippen LogP contribution in [0.4, 0.5) is 9.18 Å². The molecule has 0 aliphatic carbocycles. The molecule has 0 radical (unpaired) electrons. The number of aromatic nitrogens is 1. The summed E-state index contributed by atoms with van der Waals surface area (Å²) in [6.45, 7) is 3.37. The SMILES string of the molecule is COC(=O)Oc1cc(-n2c(O)c(C(C)C)oc2=O)c(F)cc1Cl. The average molecular weight is 346 g/mol. The first kappa shape index (κ1) is 16.9. The maximum absolute atomic E-state index is 14.1. The number of carbonyl (C=O) groups excluding carboxylic acids is 1. The second-order valence-electron chi connectivity index (χ2n) is 4.84. The average Bonchev–Trinajstić information content (AvgIpc) is 2.77. The van der Waals surface area contributed by atoms with Gasteiger partial charge in [0.25, 0.3) is 0 Å². The van der Waals surface area contributed by atoms with E-state index in [1.54, 1.807) is 13.8 Å². The molecular weight excluding hydrogens is 333 g/mol. The highest BCUT2D eigenvalue weighted by atomic mass is 35.5. The number of benzene rings is 1. The Labute approximate surface area is 134 Å². The summed E-state index contributed by atoms with van der Waals surface area (Å²) in [7, 11) is 1.09. The van der Waals surface area contributed by atoms with E-state index in [1.807, 2.05) is 0 Å². The summed E-state index contributed by atoms with van der Waals surface area (Å²) in [5.74, 6) is -2.99. The summed E-state index contributed by atoms with van der Waals surface area (Å²) in [6.07, 6.45) is -1.07. The van der Waals surface area contributed by atoms with Crippen molar-refractivity contribution in [1.82, 2.24) is 4.57 Å². The topological polar surface area (TPSA) is 90.9 Å². The highest BCUT2D eigenvalue weighted by Crippen LogP contribution is 2.33. The predicted molar refractivity (Wildman–Crippen MR) is 78.1 cm³/mol. The van der Waals surface area contributed by atoms with E-state index in [0.717, 1.165) is 19.2 Å². The van der Waals surface area contributed by atoms with Gasteiger partial charge in [0, 0.05) is 12.0 Å². The summed E-state index contributed by atoms with van der Waals surface area (Å²) in [5.41, 5.74) is -0.383. The molecule has 9 heteroatoms. The molecule has 0 spiro atoms. The summed E-state index contributed by atoms with van der Waals surface area (Å²) >= 11 is 5.78. The lowest BCUT2D eigenvalue weighted by atomic mass is 10.2. The Morgan fingerprint density at radius 1 is 1.43 bits per heavy atom. The van der Waals surface area contributed by atoms with Crippen LogP contribution in [0.5, 0.6) is 11.6 Å². The molecule has 2 rings (SSSR count). The lowest BCUT2D eigenvalue weighted by molar-refractivity contribution is 0.121. The first-order valence-corrected chi connectivity index (χ1v) is 6.84. The maximum Gasteiger partial charge on any atom is 0.513 e. The fourth-order valence-corrected chi connectivity index (χ4v) is 2.06. The van der Waals surface area contributed by atoms with Crippen LogP contribution >= 0.6 is 11.6 Å². The van der Waals surface area contributed by atoms with Crippen LogP contribution in [0.1, 0.15) is 25.5 Å². The van der Waals surface area contributed by atoms with Crippen molar-refractivity contribution in [2.24, 2.45) is 0 Å². The number of ether oxygens (including phenoxy) is 2. The minimum Gasteiger partial charge on any atom is -0.492 e. The van der Waals surface area contributed by atoms with Gasteiger partial charge in [-0.15, -0.1) is 0 Å². The predicted octanol–water partition coefficient (Wildman–Crippen LogP) is 3.20. The van der Waals surface area contributed by atoms with Crippen molar-refractivity contribution in [3.8, 4) is 17.3 Å². The lowest BCUT2D eigenvalue weighted by Crippen LogP contribution is -2.14. The van der Waals surface area contributed by atoms with Crippen LogP contribution in [0, 0.1) is 5.82 Å². The molecule has 0 unspecified atom stereocenters. The van der Waals surface area contributed by atoms with E-state index in [1.165, 1.54) is 0 Å². The van der Waals surface area contributed by atoms with E-state index in [4.69, 9.17) is 20.8 Å². The van der Waals surface area contributed by atoms with Gasteiger partial charge in [0.1, 0.15) is 5.82 Å². The Bertz CT molecular complexity index is 810. The number of methoxy groups -OCH3 is 1. The molecule has 1 aromatic carbocycles. The third-order valence-corrected chi connectivity index (χ3v) is 3.23. The molecule has 1 aromatic heterocycles. The monoisotopic (exact) mass is 345 g/mol. The molecule has 1 heterocycles. The fourth-order valence-electron chi connectivity index (χ4n) is 1.87. The van der Waals surface area contributed by atoms with E-state index >= 15 is 0 Å². The van der Waals surface area contributed by atoms with Gasteiger partial charge in [0.15, 0.2) is 11.5 Å². The van der Waals surface area contributed by atoms with E-state index < -0.39 is 23.6 Å². The van der Waals surface area contributed by atoms with Gasteiger partial charge in [0.2, 0.25) is 5.88 Å². The Balaban J connectivity index is 2.62. The Morgan fingerprint density at radius 3 is 2.61 bits per heavy atom. The third-order valence-electron chi connectivity index (χ3n) is 2.94. The maximum atomic E-state index is 14.1. The van der Waals surface area contributed by atoms with Gasteiger partial charge in [-0.25, -0.2) is 18.5 Å². The second-order valence-corrected chi connectivity index (χ2v) is 5.24. The molecule has 0 amide bonds. The lowest BCUT2D eigenvalue weighted by Gasteiger charge is -2.09. The number of oxazole rings is 1. The molecule has 7 nitrogen and oxygen atoms in total.